The van der Waals surface area contributed by atoms with E-state index in [9.17, 15) is 4.39 Å². The van der Waals surface area contributed by atoms with E-state index in [0.717, 1.165) is 37.2 Å². The highest BCUT2D eigenvalue weighted by atomic mass is 19.1. The van der Waals surface area contributed by atoms with Crippen LogP contribution in [0.3, 0.4) is 0 Å². The van der Waals surface area contributed by atoms with Gasteiger partial charge in [0.2, 0.25) is 0 Å². The van der Waals surface area contributed by atoms with Crippen molar-refractivity contribution in [1.82, 2.24) is 0 Å². The molecular weight excluding hydrogens is 217 g/mol. The molecule has 17 heavy (non-hydrogen) atoms. The molecule has 0 atom stereocenters. The van der Waals surface area contributed by atoms with Crippen molar-refractivity contribution >= 4 is 0 Å². The summed E-state index contributed by atoms with van der Waals surface area (Å²) in [5.41, 5.74) is 6.35. The second-order valence-corrected chi connectivity index (χ2v) is 4.93. The summed E-state index contributed by atoms with van der Waals surface area (Å²) in [5.74, 6) is 0.825. The first-order valence-corrected chi connectivity index (χ1v) is 6.34. The number of nitrogens with two attached hydrogens (primary N) is 1. The zero-order valence-electron chi connectivity index (χ0n) is 10.3. The zero-order valence-corrected chi connectivity index (χ0v) is 10.3. The van der Waals surface area contributed by atoms with Crippen molar-refractivity contribution in [2.45, 2.75) is 45.3 Å². The maximum absolute atomic E-state index is 13.7. The molecule has 0 heterocycles. The topological polar surface area (TPSA) is 35.2 Å². The van der Waals surface area contributed by atoms with Crippen LogP contribution < -0.4 is 10.5 Å². The number of para-hydroxylation sites is 1. The molecule has 1 saturated carbocycles. The molecule has 0 amide bonds. The fourth-order valence-corrected chi connectivity index (χ4v) is 2.36. The minimum absolute atomic E-state index is 0.147. The van der Waals surface area contributed by atoms with Gasteiger partial charge in [0.25, 0.3) is 0 Å². The molecule has 2 rings (SSSR count). The average molecular weight is 237 g/mol. The molecular formula is C14H20FNO. The molecule has 0 aliphatic heterocycles. The van der Waals surface area contributed by atoms with Crippen LogP contribution in [0, 0.1) is 11.7 Å². The first-order chi connectivity index (χ1) is 8.20. The molecule has 3 heteroatoms. The maximum Gasteiger partial charge on any atom is 0.165 e. The molecule has 0 radical (unpaired) electrons. The van der Waals surface area contributed by atoms with Gasteiger partial charge in [-0.2, -0.15) is 0 Å². The molecule has 0 unspecified atom stereocenters. The minimum Gasteiger partial charge on any atom is -0.487 e. The fraction of sp³-hybridized carbons (Fsp3) is 0.571. The fourth-order valence-electron chi connectivity index (χ4n) is 2.36. The standard InChI is InChI=1S/C14H20FNO/c1-10-5-7-12(8-6-10)17-14-11(9-16)3-2-4-13(14)15/h2-4,10,12H,5-9,16H2,1H3. The molecule has 1 aliphatic rings. The van der Waals surface area contributed by atoms with E-state index in [0.29, 0.717) is 12.3 Å². The monoisotopic (exact) mass is 237 g/mol. The van der Waals surface area contributed by atoms with Crippen molar-refractivity contribution in [1.29, 1.82) is 0 Å². The van der Waals surface area contributed by atoms with Crippen molar-refractivity contribution in [2.75, 3.05) is 0 Å². The van der Waals surface area contributed by atoms with Gasteiger partial charge in [-0.25, -0.2) is 4.39 Å². The second-order valence-electron chi connectivity index (χ2n) is 4.93. The summed E-state index contributed by atoms with van der Waals surface area (Å²) < 4.78 is 19.5. The summed E-state index contributed by atoms with van der Waals surface area (Å²) in [6.07, 6.45) is 4.50. The van der Waals surface area contributed by atoms with Crippen molar-refractivity contribution in [3.05, 3.63) is 29.6 Å². The quantitative estimate of drug-likeness (QED) is 0.876. The highest BCUT2D eigenvalue weighted by Crippen LogP contribution is 2.30. The Bertz CT molecular complexity index is 372. The molecule has 1 fully saturated rings. The van der Waals surface area contributed by atoms with Crippen LogP contribution in [0.25, 0.3) is 0 Å². The highest BCUT2D eigenvalue weighted by Gasteiger charge is 2.21. The van der Waals surface area contributed by atoms with Crippen LogP contribution in [0.5, 0.6) is 5.75 Å². The average Bonchev–Trinajstić information content (AvgIpc) is 2.34. The summed E-state index contributed by atoms with van der Waals surface area (Å²) in [5, 5.41) is 0. The SMILES string of the molecule is CC1CCC(Oc2c(F)cccc2CN)CC1. The van der Waals surface area contributed by atoms with Crippen molar-refractivity contribution in [2.24, 2.45) is 11.7 Å². The van der Waals surface area contributed by atoms with Crippen molar-refractivity contribution in [3.8, 4) is 5.75 Å². The van der Waals surface area contributed by atoms with Crippen LogP contribution in [-0.2, 0) is 6.54 Å². The smallest absolute Gasteiger partial charge is 0.165 e. The lowest BCUT2D eigenvalue weighted by atomic mass is 9.89. The Labute approximate surface area is 102 Å². The number of rotatable bonds is 3. The van der Waals surface area contributed by atoms with E-state index < -0.39 is 0 Å². The zero-order chi connectivity index (χ0) is 12.3. The predicted octanol–water partition coefficient (Wildman–Crippen LogP) is 3.24. The van der Waals surface area contributed by atoms with Crippen LogP contribution >= 0.6 is 0 Å². The Morgan fingerprint density at radius 1 is 1.29 bits per heavy atom. The molecule has 0 bridgehead atoms. The van der Waals surface area contributed by atoms with Gasteiger partial charge in [-0.3, -0.25) is 0 Å². The molecule has 0 aromatic heterocycles. The van der Waals surface area contributed by atoms with E-state index in [2.05, 4.69) is 6.92 Å². The number of halogens is 1. The molecule has 2 nitrogen and oxygen atoms in total. The highest BCUT2D eigenvalue weighted by molar-refractivity contribution is 5.35. The largest absolute Gasteiger partial charge is 0.487 e. The van der Waals surface area contributed by atoms with Crippen LogP contribution in [0.1, 0.15) is 38.2 Å². The lowest BCUT2D eigenvalue weighted by Crippen LogP contribution is -2.24. The Balaban J connectivity index is 2.07. The third-order valence-electron chi connectivity index (χ3n) is 3.52. The summed E-state index contributed by atoms with van der Waals surface area (Å²) >= 11 is 0. The molecule has 94 valence electrons. The van der Waals surface area contributed by atoms with E-state index >= 15 is 0 Å². The lowest BCUT2D eigenvalue weighted by Gasteiger charge is -2.27. The molecule has 1 aromatic carbocycles. The van der Waals surface area contributed by atoms with Crippen molar-refractivity contribution in [3.63, 3.8) is 0 Å². The third kappa shape index (κ3) is 2.97. The molecule has 0 saturated heterocycles. The van der Waals surface area contributed by atoms with Gasteiger partial charge in [-0.15, -0.1) is 0 Å². The number of benzene rings is 1. The van der Waals surface area contributed by atoms with E-state index in [1.165, 1.54) is 6.07 Å². The van der Waals surface area contributed by atoms with Gasteiger partial charge in [0.05, 0.1) is 6.10 Å². The first-order valence-electron chi connectivity index (χ1n) is 6.34. The first kappa shape index (κ1) is 12.4. The second kappa shape index (κ2) is 5.50. The Morgan fingerprint density at radius 2 is 2.00 bits per heavy atom. The summed E-state index contributed by atoms with van der Waals surface area (Å²) in [4.78, 5) is 0. The number of hydrogen-bond donors (Lipinski definition) is 1. The Kier molecular flexibility index (Phi) is 4.00. The van der Waals surface area contributed by atoms with Crippen LogP contribution in [0.2, 0.25) is 0 Å². The molecule has 2 N–H and O–H groups in total. The van der Waals surface area contributed by atoms with E-state index in [1.807, 2.05) is 6.07 Å². The van der Waals surface area contributed by atoms with E-state index in [4.69, 9.17) is 10.5 Å². The van der Waals surface area contributed by atoms with Crippen LogP contribution in [0.15, 0.2) is 18.2 Å². The van der Waals surface area contributed by atoms with Gasteiger partial charge in [0.15, 0.2) is 11.6 Å². The Morgan fingerprint density at radius 3 is 2.65 bits per heavy atom. The van der Waals surface area contributed by atoms with E-state index in [1.54, 1.807) is 6.07 Å². The summed E-state index contributed by atoms with van der Waals surface area (Å²) in [6, 6.07) is 4.93. The third-order valence-corrected chi connectivity index (χ3v) is 3.52. The van der Waals surface area contributed by atoms with Crippen LogP contribution in [0.4, 0.5) is 4.39 Å². The normalized spacial score (nSPS) is 24.6. The summed E-state index contributed by atoms with van der Waals surface area (Å²) in [7, 11) is 0. The van der Waals surface area contributed by atoms with Gasteiger partial charge in [0.1, 0.15) is 0 Å². The predicted molar refractivity (Wildman–Crippen MR) is 66.3 cm³/mol. The molecule has 1 aromatic rings. The maximum atomic E-state index is 13.7. The summed E-state index contributed by atoms with van der Waals surface area (Å²) in [6.45, 7) is 2.57. The minimum atomic E-state index is -0.299. The van der Waals surface area contributed by atoms with Crippen LogP contribution in [-0.4, -0.2) is 6.10 Å². The van der Waals surface area contributed by atoms with Gasteiger partial charge < -0.3 is 10.5 Å². The van der Waals surface area contributed by atoms with Gasteiger partial charge in [0, 0.05) is 12.1 Å². The van der Waals surface area contributed by atoms with Gasteiger partial charge in [-0.05, 0) is 37.7 Å². The van der Waals surface area contributed by atoms with Crippen molar-refractivity contribution < 1.29 is 9.13 Å². The van der Waals surface area contributed by atoms with Gasteiger partial charge >= 0.3 is 0 Å². The van der Waals surface area contributed by atoms with E-state index in [-0.39, 0.29) is 11.9 Å². The number of hydrogen-bond acceptors (Lipinski definition) is 2. The molecule has 1 aliphatic carbocycles. The number of ether oxygens (including phenoxy) is 1. The molecule has 0 spiro atoms. The van der Waals surface area contributed by atoms with Gasteiger partial charge in [-0.1, -0.05) is 19.1 Å². The Hall–Kier alpha value is -1.09. The lowest BCUT2D eigenvalue weighted by molar-refractivity contribution is 0.129.